The number of benzene rings is 8. The van der Waals surface area contributed by atoms with Crippen molar-refractivity contribution in [3.63, 3.8) is 0 Å². The third-order valence-electron chi connectivity index (χ3n) is 25.6. The highest BCUT2D eigenvalue weighted by atomic mass is 127. The van der Waals surface area contributed by atoms with Gasteiger partial charge in [0, 0.05) is 89.8 Å². The second-order valence-electron chi connectivity index (χ2n) is 35.5. The number of carbonyl (C=O) groups excluding carboxylic acids is 5. The molecule has 752 valence electrons. The first kappa shape index (κ1) is 108. The lowest BCUT2D eigenvalue weighted by Crippen LogP contribution is -2.34. The monoisotopic (exact) mass is 2220 g/mol. The highest BCUT2D eigenvalue weighted by Gasteiger charge is 2.32. The number of hydrogen-bond acceptors (Lipinski definition) is 24. The first-order valence-corrected chi connectivity index (χ1v) is 50.4. The van der Waals surface area contributed by atoms with E-state index in [0.29, 0.717) is 148 Å². The van der Waals surface area contributed by atoms with Gasteiger partial charge in [0.05, 0.1) is 126 Å². The maximum absolute atomic E-state index is 15.2. The standard InChI is InChI=1S/C28H31BrF2N4O2.C26H28F2N4O3S.C25H23BrF2N4O3.C25H26F2IN5O2/c1-3-4-24(18-11-19(29)14-20(30)12-18)35-28(36)22-10-7-17(13-23(22)31)26-27(32)33-15-25(34-26)16-5-8-21(37-2)9-6-16;1-36-19-9-16(8-17(27)11-19)23(13-33)32-26(35)20-7-4-15(10-21(20)28)24-25(29)30-12-22(31-24)14-2-5-18(34)6-3-14;26-16-7-15(8-17(27)10-16)22(12-33)32-25(35)19-6-3-14(9-20(19)28)23-24(29)30-11-21(31-23)13-1-4-18(34)5-2-13;26-16-7-15(8-17(28)10-16)21(11-29)33-25(35)19-6-3-14(9-20(19)27)23-24(30)31-12-22(32-23)13-1-4-18(34)5-2-13/h7,10-16,21,24H,3-6,8-9H2,1-2H3,(H2,32,33)(H,35,36);4,7-12,14,18,23,33-34H,2-3,5-6,13H2,1H3,(H2,29,30)(H,32,35);3,6-11,13,22,33H,1-2,4-5,12H2,(H2,29,30)(H,32,35);3,6-10,12-13,18,21,34H,1-2,4-5,11,29H2,(H2,30,31)(H,33,35)/t16?,21?,24-;14?,18?,23-;22-;13?,18?,21-/m1111/s1. The van der Waals surface area contributed by atoms with Gasteiger partial charge in [-0.3, -0.25) is 24.0 Å². The highest BCUT2D eigenvalue weighted by molar-refractivity contribution is 14.1. The molecule has 16 rings (SSSR count). The first-order chi connectivity index (χ1) is 68.6. The van der Waals surface area contributed by atoms with Crippen LogP contribution >= 0.6 is 66.2 Å². The fraction of sp³-hybridized carbons (Fsp3) is 0.337. The highest BCUT2D eigenvalue weighted by Crippen LogP contribution is 2.41. The van der Waals surface area contributed by atoms with Crippen molar-refractivity contribution in [2.45, 2.75) is 194 Å². The van der Waals surface area contributed by atoms with E-state index in [0.717, 1.165) is 80.9 Å². The second kappa shape index (κ2) is 50.5. The molecule has 0 spiro atoms. The van der Waals surface area contributed by atoms with Gasteiger partial charge in [-0.1, -0.05) is 69.5 Å². The molecular weight excluding hydrogens is 2120 g/mol. The minimum absolute atomic E-state index is 0.0160. The van der Waals surface area contributed by atoms with Crippen molar-refractivity contribution < 1.29 is 84.3 Å². The SMILES string of the molecule is CCC[C@@H](NC(=O)c1ccc(-c2nc(C3CCC(OC)CC3)cnc2N)cc1F)c1cc(F)cc(Br)c1.CSc1cc(F)cc([C@@H](CO)NC(=O)c2ccc(-c3nc(C4CCC(O)CC4)cnc3N)cc2F)c1.NC[C@@H](NC(=O)c1ccc(-c2nc(C3CCC(O)CC3)cnc2N)cc1F)c1cc(F)cc(I)c1.Nc1ncc(C2CCC(=O)CC2)nc1-c1ccc(C(=O)N[C@H](CO)c2cc(F)cc(Br)c2)c(F)c1. The number of Topliss-reactive ketones (excluding diaryl/α,β-unsaturated/α-hetero) is 1. The van der Waals surface area contributed by atoms with E-state index in [1.54, 1.807) is 74.6 Å². The van der Waals surface area contributed by atoms with Crippen molar-refractivity contribution in [3.05, 3.63) is 297 Å². The number of thioether (sulfide) groups is 1. The smallest absolute Gasteiger partial charge is 0.254 e. The number of halogens is 11. The summed E-state index contributed by atoms with van der Waals surface area (Å²) >= 11 is 9.76. The Labute approximate surface area is 855 Å². The van der Waals surface area contributed by atoms with Crippen LogP contribution in [0.2, 0.25) is 0 Å². The van der Waals surface area contributed by atoms with E-state index in [2.05, 4.69) is 88.0 Å². The van der Waals surface area contributed by atoms with Gasteiger partial charge >= 0.3 is 0 Å². The number of nitrogens with one attached hydrogen (secondary N) is 4. The molecule has 143 heavy (non-hydrogen) atoms. The van der Waals surface area contributed by atoms with Crippen LogP contribution in [0.5, 0.6) is 0 Å². The van der Waals surface area contributed by atoms with Gasteiger partial charge in [-0.15, -0.1) is 11.8 Å². The fourth-order valence-corrected chi connectivity index (χ4v) is 19.9. The van der Waals surface area contributed by atoms with Crippen molar-refractivity contribution in [1.29, 1.82) is 0 Å². The molecular formula is C104H108Br2F8IN17O10S. The topological polar surface area (TPSA) is 457 Å². The third kappa shape index (κ3) is 28.6. The van der Waals surface area contributed by atoms with Crippen molar-refractivity contribution in [3.8, 4) is 45.0 Å². The van der Waals surface area contributed by atoms with Gasteiger partial charge in [0.1, 0.15) is 98.4 Å². The number of anilines is 4. The normalized spacial score (nSPS) is 17.7. The zero-order valence-corrected chi connectivity index (χ0v) is 84.3. The molecule has 0 saturated heterocycles. The van der Waals surface area contributed by atoms with Crippen LogP contribution < -0.4 is 49.9 Å². The van der Waals surface area contributed by atoms with E-state index >= 15 is 13.2 Å². The summed E-state index contributed by atoms with van der Waals surface area (Å²) in [7, 11) is 1.73. The van der Waals surface area contributed by atoms with Crippen molar-refractivity contribution in [2.24, 2.45) is 5.73 Å². The van der Waals surface area contributed by atoms with E-state index in [1.165, 1.54) is 115 Å². The van der Waals surface area contributed by atoms with E-state index in [4.69, 9.17) is 38.4 Å². The molecule has 4 aliphatic carbocycles. The van der Waals surface area contributed by atoms with Crippen molar-refractivity contribution >= 4 is 119 Å². The molecule has 0 radical (unpaired) electrons. The van der Waals surface area contributed by atoms with Gasteiger partial charge in [0.25, 0.3) is 23.6 Å². The van der Waals surface area contributed by atoms with Gasteiger partial charge in [0.2, 0.25) is 0 Å². The molecule has 27 nitrogen and oxygen atoms in total. The summed E-state index contributed by atoms with van der Waals surface area (Å²) in [5.41, 5.74) is 36.9. The third-order valence-corrected chi connectivity index (χ3v) is 27.9. The second-order valence-corrected chi connectivity index (χ2v) is 39.4. The summed E-state index contributed by atoms with van der Waals surface area (Å²) < 4.78 is 123. The van der Waals surface area contributed by atoms with Crippen LogP contribution in [0.3, 0.4) is 0 Å². The molecule has 4 atom stereocenters. The number of ketones is 1. The molecule has 4 amide bonds. The van der Waals surface area contributed by atoms with Crippen LogP contribution in [0, 0.1) is 50.1 Å². The maximum atomic E-state index is 15.2. The Kier molecular flexibility index (Phi) is 38.3. The molecule has 4 heterocycles. The Morgan fingerprint density at radius 3 is 1.05 bits per heavy atom. The first-order valence-electron chi connectivity index (χ1n) is 46.5. The lowest BCUT2D eigenvalue weighted by Gasteiger charge is -2.27. The lowest BCUT2D eigenvalue weighted by molar-refractivity contribution is -0.120. The number of aliphatic hydroxyl groups is 4. The molecule has 18 N–H and O–H groups in total. The lowest BCUT2D eigenvalue weighted by atomic mass is 9.85. The van der Waals surface area contributed by atoms with Crippen LogP contribution in [0.4, 0.5) is 58.4 Å². The number of carbonyl (C=O) groups is 5. The molecule has 0 aliphatic heterocycles. The summed E-state index contributed by atoms with van der Waals surface area (Å²) in [5, 5.41) is 49.6. The average Bonchev–Trinajstić information content (AvgIpc) is 0.806. The number of aromatic nitrogens is 8. The van der Waals surface area contributed by atoms with E-state index < -0.39 is 108 Å². The number of nitrogens with zero attached hydrogens (tertiary/aromatic N) is 8. The zero-order chi connectivity index (χ0) is 103. The van der Waals surface area contributed by atoms with Gasteiger partial charge in [-0.05, 0) is 269 Å². The van der Waals surface area contributed by atoms with Crippen molar-refractivity contribution in [2.75, 3.05) is 56.1 Å². The Hall–Kier alpha value is -11.9. The van der Waals surface area contributed by atoms with Crippen LogP contribution in [-0.2, 0) is 9.53 Å². The largest absolute Gasteiger partial charge is 0.394 e. The number of nitrogen functional groups attached to an aromatic ring is 4. The summed E-state index contributed by atoms with van der Waals surface area (Å²) in [5.74, 6) is -6.26. The summed E-state index contributed by atoms with van der Waals surface area (Å²) in [6.07, 6.45) is 21.3. The number of rotatable bonds is 27. The Morgan fingerprint density at radius 1 is 0.427 bits per heavy atom. The van der Waals surface area contributed by atoms with Crippen molar-refractivity contribution in [1.82, 2.24) is 61.1 Å². The van der Waals surface area contributed by atoms with E-state index in [9.17, 15) is 66.4 Å². The average molecular weight is 2230 g/mol. The quantitative estimate of drug-likeness (QED) is 0.0129. The van der Waals surface area contributed by atoms with Gasteiger partial charge in [-0.2, -0.15) is 0 Å². The molecule has 4 saturated carbocycles. The number of ether oxygens (including phenoxy) is 1. The van der Waals surface area contributed by atoms with E-state index in [1.807, 2.05) is 29.5 Å². The minimum atomic E-state index is -0.936. The van der Waals surface area contributed by atoms with Crippen LogP contribution in [0.25, 0.3) is 45.0 Å². The Morgan fingerprint density at radius 2 is 0.734 bits per heavy atom. The molecule has 0 unspecified atom stereocenters. The minimum Gasteiger partial charge on any atom is -0.394 e. The maximum Gasteiger partial charge on any atom is 0.254 e. The summed E-state index contributed by atoms with van der Waals surface area (Å²) in [4.78, 5) is 99.1. The Bertz CT molecular complexity index is 6520. The Balaban J connectivity index is 0.000000160. The molecule has 8 aromatic carbocycles. The fourth-order valence-electron chi connectivity index (χ4n) is 17.8. The molecule has 12 aromatic rings. The predicted molar refractivity (Wildman–Crippen MR) is 544 cm³/mol. The van der Waals surface area contributed by atoms with Gasteiger partial charge in [0.15, 0.2) is 0 Å². The summed E-state index contributed by atoms with van der Waals surface area (Å²) in [6.45, 7) is 0.987. The number of methoxy groups -OCH3 is 1. The molecule has 4 fully saturated rings. The molecule has 39 heteroatoms. The predicted octanol–water partition coefficient (Wildman–Crippen LogP) is 19.4. The molecule has 4 aromatic heterocycles. The number of hydrogen-bond donors (Lipinski definition) is 13. The summed E-state index contributed by atoms with van der Waals surface area (Å²) in [6, 6.07) is 30.5. The molecule has 4 aliphatic rings. The number of amides is 4. The zero-order valence-electron chi connectivity index (χ0n) is 78.1. The van der Waals surface area contributed by atoms with Crippen LogP contribution in [0.1, 0.15) is 257 Å². The number of nitrogens with two attached hydrogens (primary N) is 5. The van der Waals surface area contributed by atoms with Gasteiger partial charge < -0.3 is 75.1 Å². The van der Waals surface area contributed by atoms with Crippen LogP contribution in [0.15, 0.2) is 184 Å². The molecule has 0 bridgehead atoms. The van der Waals surface area contributed by atoms with Gasteiger partial charge in [-0.25, -0.2) is 75.0 Å². The number of aliphatic hydroxyl groups excluding tert-OH is 4. The van der Waals surface area contributed by atoms with Crippen LogP contribution in [-0.4, -0.2) is 141 Å². The van der Waals surface area contributed by atoms with E-state index in [-0.39, 0.29) is 99.8 Å².